The van der Waals surface area contributed by atoms with E-state index in [4.69, 9.17) is 0 Å². The number of carbonyl (C=O) groups excluding carboxylic acids is 1. The molecule has 1 aliphatic heterocycles. The van der Waals surface area contributed by atoms with Gasteiger partial charge in [-0.1, -0.05) is 0 Å². The van der Waals surface area contributed by atoms with Gasteiger partial charge < -0.3 is 20.1 Å². The molecule has 0 radical (unpaired) electrons. The standard InChI is InChI=1S/C22H23N5OS/c1-14-11-15-12-16(3-4-17(15)24-14)25-18-5-6-23-19-13-20(29-21(18)19)22(28)27-9-7-26(2)8-10-27/h3-6,11-13,24H,7-10H2,1-2H3,(H,23,25). The Labute approximate surface area is 173 Å². The number of nitrogens with one attached hydrogen (secondary N) is 2. The summed E-state index contributed by atoms with van der Waals surface area (Å²) in [6, 6.07) is 12.3. The van der Waals surface area contributed by atoms with Crippen LogP contribution in [0.15, 0.2) is 42.6 Å². The van der Waals surface area contributed by atoms with E-state index in [9.17, 15) is 4.79 Å². The van der Waals surface area contributed by atoms with Crippen LogP contribution in [-0.2, 0) is 0 Å². The molecule has 6 nitrogen and oxygen atoms in total. The maximum atomic E-state index is 13.0. The highest BCUT2D eigenvalue weighted by molar-refractivity contribution is 7.21. The van der Waals surface area contributed by atoms with Gasteiger partial charge in [0.05, 0.1) is 20.8 Å². The van der Waals surface area contributed by atoms with Crippen LogP contribution in [0.1, 0.15) is 15.4 Å². The molecule has 0 bridgehead atoms. The van der Waals surface area contributed by atoms with Gasteiger partial charge in [-0.25, -0.2) is 0 Å². The van der Waals surface area contributed by atoms with Crippen LogP contribution in [0.3, 0.4) is 0 Å². The molecule has 3 aromatic heterocycles. The Morgan fingerprint density at radius 2 is 1.97 bits per heavy atom. The fourth-order valence-corrected chi connectivity index (χ4v) is 4.87. The van der Waals surface area contributed by atoms with E-state index in [2.05, 4.69) is 58.4 Å². The van der Waals surface area contributed by atoms with E-state index in [-0.39, 0.29) is 5.91 Å². The molecule has 1 aliphatic rings. The Hall–Kier alpha value is -2.90. The molecule has 0 saturated carbocycles. The molecule has 7 heteroatoms. The van der Waals surface area contributed by atoms with Crippen LogP contribution >= 0.6 is 11.3 Å². The van der Waals surface area contributed by atoms with Crippen molar-refractivity contribution >= 4 is 49.7 Å². The summed E-state index contributed by atoms with van der Waals surface area (Å²) < 4.78 is 1.01. The number of hydrogen-bond acceptors (Lipinski definition) is 5. The highest BCUT2D eigenvalue weighted by Crippen LogP contribution is 2.33. The van der Waals surface area contributed by atoms with Gasteiger partial charge in [-0.2, -0.15) is 0 Å². The second-order valence-electron chi connectivity index (χ2n) is 7.66. The maximum absolute atomic E-state index is 13.0. The number of pyridine rings is 1. The third-order valence-corrected chi connectivity index (χ3v) is 6.59. The predicted molar refractivity (Wildman–Crippen MR) is 119 cm³/mol. The first-order valence-corrected chi connectivity index (χ1v) is 10.6. The second-order valence-corrected chi connectivity index (χ2v) is 8.71. The van der Waals surface area contributed by atoms with Gasteiger partial charge in [-0.05, 0) is 50.4 Å². The number of thiophene rings is 1. The number of benzene rings is 1. The molecule has 0 unspecified atom stereocenters. The Morgan fingerprint density at radius 3 is 2.79 bits per heavy atom. The predicted octanol–water partition coefficient (Wildman–Crippen LogP) is 4.22. The number of anilines is 2. The summed E-state index contributed by atoms with van der Waals surface area (Å²) in [5.41, 5.74) is 5.13. The van der Waals surface area contributed by atoms with Gasteiger partial charge in [0, 0.05) is 54.7 Å². The highest BCUT2D eigenvalue weighted by atomic mass is 32.1. The molecule has 0 aliphatic carbocycles. The molecule has 5 rings (SSSR count). The van der Waals surface area contributed by atoms with E-state index < -0.39 is 0 Å². The van der Waals surface area contributed by atoms with E-state index in [0.717, 1.165) is 63.9 Å². The number of aryl methyl sites for hydroxylation is 1. The number of carbonyl (C=O) groups is 1. The molecular formula is C22H23N5OS. The zero-order valence-corrected chi connectivity index (χ0v) is 17.3. The Kier molecular flexibility index (Phi) is 4.49. The van der Waals surface area contributed by atoms with E-state index in [1.54, 1.807) is 6.20 Å². The second kappa shape index (κ2) is 7.17. The number of rotatable bonds is 3. The van der Waals surface area contributed by atoms with Crippen molar-refractivity contribution in [3.63, 3.8) is 0 Å². The molecule has 1 fully saturated rings. The van der Waals surface area contributed by atoms with Gasteiger partial charge in [0.1, 0.15) is 0 Å². The van der Waals surface area contributed by atoms with Crippen LogP contribution in [0.5, 0.6) is 0 Å². The van der Waals surface area contributed by atoms with Crippen LogP contribution in [0.2, 0.25) is 0 Å². The average molecular weight is 406 g/mol. The minimum atomic E-state index is 0.108. The summed E-state index contributed by atoms with van der Waals surface area (Å²) in [4.78, 5) is 25.7. The van der Waals surface area contributed by atoms with Crippen LogP contribution < -0.4 is 5.32 Å². The summed E-state index contributed by atoms with van der Waals surface area (Å²) in [5.74, 6) is 0.108. The van der Waals surface area contributed by atoms with Crippen LogP contribution in [0, 0.1) is 6.92 Å². The Morgan fingerprint density at radius 1 is 1.14 bits per heavy atom. The zero-order chi connectivity index (χ0) is 20.0. The van der Waals surface area contributed by atoms with Gasteiger partial charge >= 0.3 is 0 Å². The summed E-state index contributed by atoms with van der Waals surface area (Å²) >= 11 is 1.52. The zero-order valence-electron chi connectivity index (χ0n) is 16.5. The van der Waals surface area contributed by atoms with Crippen molar-refractivity contribution in [1.82, 2.24) is 19.8 Å². The monoisotopic (exact) mass is 405 g/mol. The third kappa shape index (κ3) is 3.47. The molecule has 148 valence electrons. The SMILES string of the molecule is Cc1cc2cc(Nc3ccnc4cc(C(=O)N5CCN(C)CC5)sc34)ccc2[nH]1. The molecule has 29 heavy (non-hydrogen) atoms. The largest absolute Gasteiger partial charge is 0.359 e. The highest BCUT2D eigenvalue weighted by Gasteiger charge is 2.22. The van der Waals surface area contributed by atoms with Crippen molar-refractivity contribution in [3.8, 4) is 0 Å². The lowest BCUT2D eigenvalue weighted by Crippen LogP contribution is -2.46. The number of hydrogen-bond donors (Lipinski definition) is 2. The van der Waals surface area contributed by atoms with Crippen LogP contribution in [-0.4, -0.2) is 58.9 Å². The lowest BCUT2D eigenvalue weighted by Gasteiger charge is -2.32. The lowest BCUT2D eigenvalue weighted by atomic mass is 10.2. The van der Waals surface area contributed by atoms with Crippen molar-refractivity contribution in [2.45, 2.75) is 6.92 Å². The van der Waals surface area contributed by atoms with Gasteiger partial charge in [-0.15, -0.1) is 11.3 Å². The first-order valence-electron chi connectivity index (χ1n) is 9.79. The molecule has 1 amide bonds. The van der Waals surface area contributed by atoms with Crippen molar-refractivity contribution in [2.24, 2.45) is 0 Å². The van der Waals surface area contributed by atoms with Gasteiger partial charge in [0.25, 0.3) is 5.91 Å². The van der Waals surface area contributed by atoms with Crippen LogP contribution in [0.25, 0.3) is 21.1 Å². The number of piperazine rings is 1. The Balaban J connectivity index is 1.44. The normalized spacial score (nSPS) is 15.3. The maximum Gasteiger partial charge on any atom is 0.264 e. The fraction of sp³-hybridized carbons (Fsp3) is 0.273. The first kappa shape index (κ1) is 18.1. The van der Waals surface area contributed by atoms with Crippen molar-refractivity contribution in [3.05, 3.63) is 53.2 Å². The molecule has 1 aromatic carbocycles. The van der Waals surface area contributed by atoms with E-state index in [0.29, 0.717) is 0 Å². The summed E-state index contributed by atoms with van der Waals surface area (Å²) in [5, 5.41) is 4.69. The molecule has 4 heterocycles. The molecule has 0 atom stereocenters. The van der Waals surface area contributed by atoms with Gasteiger partial charge in [0.15, 0.2) is 0 Å². The van der Waals surface area contributed by atoms with E-state index >= 15 is 0 Å². The van der Waals surface area contributed by atoms with E-state index in [1.165, 1.54) is 16.7 Å². The Bertz CT molecular complexity index is 1200. The quantitative estimate of drug-likeness (QED) is 0.536. The molecule has 4 aromatic rings. The van der Waals surface area contributed by atoms with Gasteiger partial charge in [-0.3, -0.25) is 9.78 Å². The number of nitrogens with zero attached hydrogens (tertiary/aromatic N) is 3. The van der Waals surface area contributed by atoms with Crippen LogP contribution in [0.4, 0.5) is 11.4 Å². The summed E-state index contributed by atoms with van der Waals surface area (Å²) in [6.07, 6.45) is 1.79. The third-order valence-electron chi connectivity index (χ3n) is 5.45. The number of likely N-dealkylation sites (N-methyl/N-ethyl adjacent to an activating group) is 1. The van der Waals surface area contributed by atoms with E-state index in [1.807, 2.05) is 17.0 Å². The molecule has 0 spiro atoms. The number of fused-ring (bicyclic) bond motifs is 2. The fourth-order valence-electron chi connectivity index (χ4n) is 3.82. The average Bonchev–Trinajstić information content (AvgIpc) is 3.31. The smallest absolute Gasteiger partial charge is 0.264 e. The van der Waals surface area contributed by atoms with Crippen molar-refractivity contribution < 1.29 is 4.79 Å². The number of H-pyrrole nitrogens is 1. The summed E-state index contributed by atoms with van der Waals surface area (Å²) in [7, 11) is 2.09. The van der Waals surface area contributed by atoms with Crippen molar-refractivity contribution in [1.29, 1.82) is 0 Å². The minimum Gasteiger partial charge on any atom is -0.359 e. The van der Waals surface area contributed by atoms with Crippen molar-refractivity contribution in [2.75, 3.05) is 38.5 Å². The lowest BCUT2D eigenvalue weighted by molar-refractivity contribution is 0.0669. The minimum absolute atomic E-state index is 0.108. The molecular weight excluding hydrogens is 382 g/mol. The number of aromatic nitrogens is 2. The number of aromatic amines is 1. The number of amides is 1. The van der Waals surface area contributed by atoms with Gasteiger partial charge in [0.2, 0.25) is 0 Å². The summed E-state index contributed by atoms with van der Waals surface area (Å²) in [6.45, 7) is 5.45. The molecule has 1 saturated heterocycles. The topological polar surface area (TPSA) is 64.3 Å². The molecule has 2 N–H and O–H groups in total. The first-order chi connectivity index (χ1) is 14.1.